The summed E-state index contributed by atoms with van der Waals surface area (Å²) in [6.07, 6.45) is 5.14. The van der Waals surface area contributed by atoms with Crippen LogP contribution in [0.1, 0.15) is 29.9 Å². The maximum atomic E-state index is 13.3. The number of nitrogens with zero attached hydrogens (tertiary/aromatic N) is 5. The van der Waals surface area contributed by atoms with Crippen molar-refractivity contribution in [3.05, 3.63) is 66.7 Å². The number of piperidine rings is 1. The summed E-state index contributed by atoms with van der Waals surface area (Å²) in [4.78, 5) is 21.9. The topological polar surface area (TPSA) is 54.3 Å². The lowest BCUT2D eigenvalue weighted by Gasteiger charge is -2.45. The molecule has 5 rings (SSSR count). The number of carbonyl (C=O) groups excluding carboxylic acids is 1. The Hall–Kier alpha value is -3.15. The number of hydrogen-bond acceptors (Lipinski definition) is 4. The molecule has 1 amide bonds. The van der Waals surface area contributed by atoms with Crippen molar-refractivity contribution < 1.29 is 4.79 Å². The summed E-state index contributed by atoms with van der Waals surface area (Å²) in [6.45, 7) is 1.75. The van der Waals surface area contributed by atoms with Gasteiger partial charge in [-0.1, -0.05) is 30.3 Å². The van der Waals surface area contributed by atoms with Crippen LogP contribution in [0.2, 0.25) is 0 Å². The molecule has 1 fully saturated rings. The first kappa shape index (κ1) is 16.1. The summed E-state index contributed by atoms with van der Waals surface area (Å²) in [5, 5.41) is 4.43. The van der Waals surface area contributed by atoms with Crippen molar-refractivity contribution in [1.29, 1.82) is 0 Å². The molecule has 6 heteroatoms. The number of aromatic nitrogens is 3. The Bertz CT molecular complexity index is 967. The maximum Gasteiger partial charge on any atom is 0.298 e. The van der Waals surface area contributed by atoms with Crippen LogP contribution < -0.4 is 9.80 Å². The van der Waals surface area contributed by atoms with Gasteiger partial charge in [-0.15, -0.1) is 5.10 Å². The molecule has 1 atom stereocenters. The first-order chi connectivity index (χ1) is 13.3. The number of rotatable bonds is 2. The minimum Gasteiger partial charge on any atom is -0.365 e. The largest absolute Gasteiger partial charge is 0.365 e. The second-order valence-corrected chi connectivity index (χ2v) is 7.10. The summed E-state index contributed by atoms with van der Waals surface area (Å²) >= 11 is 0. The van der Waals surface area contributed by atoms with Gasteiger partial charge in [-0.25, -0.2) is 9.67 Å². The highest BCUT2D eigenvalue weighted by Crippen LogP contribution is 2.38. The Morgan fingerprint density at radius 2 is 1.74 bits per heavy atom. The molecular weight excluding hydrogens is 338 g/mol. The van der Waals surface area contributed by atoms with E-state index in [9.17, 15) is 4.79 Å². The van der Waals surface area contributed by atoms with Crippen molar-refractivity contribution >= 4 is 17.3 Å². The third kappa shape index (κ3) is 2.77. The van der Waals surface area contributed by atoms with Crippen molar-refractivity contribution in [2.75, 3.05) is 22.9 Å². The van der Waals surface area contributed by atoms with Gasteiger partial charge in [0.25, 0.3) is 5.91 Å². The van der Waals surface area contributed by atoms with E-state index in [2.05, 4.69) is 21.0 Å². The standard InChI is InChI=1S/C21H21N5O/c27-21(20-22-15-26(23-20)16-8-2-1-3-9-16)25-14-17-10-6-7-13-24(17)18-11-4-5-12-19(18)25/h1-5,8-9,11-12,15,17H,6-7,10,13-14H2/t17-/m1/s1. The number of fused-ring (bicyclic) bond motifs is 3. The quantitative estimate of drug-likeness (QED) is 0.705. The summed E-state index contributed by atoms with van der Waals surface area (Å²) < 4.78 is 1.65. The Labute approximate surface area is 158 Å². The number of benzene rings is 2. The van der Waals surface area contributed by atoms with E-state index in [0.29, 0.717) is 12.6 Å². The molecule has 1 aromatic heterocycles. The molecule has 0 saturated carbocycles. The van der Waals surface area contributed by atoms with E-state index in [4.69, 9.17) is 0 Å². The molecule has 3 heterocycles. The fourth-order valence-electron chi connectivity index (χ4n) is 4.13. The van der Waals surface area contributed by atoms with Crippen LogP contribution in [0.25, 0.3) is 5.69 Å². The van der Waals surface area contributed by atoms with Crippen LogP contribution in [0, 0.1) is 0 Å². The minimum atomic E-state index is -0.137. The molecule has 0 spiro atoms. The van der Waals surface area contributed by atoms with Crippen molar-refractivity contribution in [3.63, 3.8) is 0 Å². The normalized spacial score (nSPS) is 18.7. The van der Waals surface area contributed by atoms with Crippen LogP contribution in [-0.2, 0) is 0 Å². The monoisotopic (exact) mass is 359 g/mol. The zero-order valence-corrected chi connectivity index (χ0v) is 15.0. The molecule has 0 aliphatic carbocycles. The molecule has 0 N–H and O–H groups in total. The molecule has 136 valence electrons. The highest BCUT2D eigenvalue weighted by atomic mass is 16.2. The van der Waals surface area contributed by atoms with Gasteiger partial charge in [0.15, 0.2) is 0 Å². The van der Waals surface area contributed by atoms with Gasteiger partial charge in [-0.05, 0) is 43.5 Å². The van der Waals surface area contributed by atoms with E-state index < -0.39 is 0 Å². The molecule has 6 nitrogen and oxygen atoms in total. The SMILES string of the molecule is O=C(c1ncn(-c2ccccc2)n1)N1C[C@H]2CCCCN2c2ccccc21. The van der Waals surface area contributed by atoms with Crippen LogP contribution in [0.15, 0.2) is 60.9 Å². The Kier molecular flexibility index (Phi) is 3.89. The summed E-state index contributed by atoms with van der Waals surface area (Å²) in [7, 11) is 0. The van der Waals surface area contributed by atoms with Crippen LogP contribution in [0.5, 0.6) is 0 Å². The van der Waals surface area contributed by atoms with Gasteiger partial charge >= 0.3 is 0 Å². The van der Waals surface area contributed by atoms with Crippen molar-refractivity contribution in [1.82, 2.24) is 14.8 Å². The zero-order chi connectivity index (χ0) is 18.2. The fraction of sp³-hybridized carbons (Fsp3) is 0.286. The first-order valence-electron chi connectivity index (χ1n) is 9.46. The van der Waals surface area contributed by atoms with Gasteiger partial charge in [0.2, 0.25) is 5.82 Å². The average molecular weight is 359 g/mol. The fourth-order valence-corrected chi connectivity index (χ4v) is 4.13. The van der Waals surface area contributed by atoms with Crippen molar-refractivity contribution in [2.45, 2.75) is 25.3 Å². The number of amides is 1. The van der Waals surface area contributed by atoms with E-state index in [1.165, 1.54) is 12.8 Å². The zero-order valence-electron chi connectivity index (χ0n) is 15.0. The third-order valence-electron chi connectivity index (χ3n) is 5.45. The molecule has 1 saturated heterocycles. The second-order valence-electron chi connectivity index (χ2n) is 7.10. The molecule has 27 heavy (non-hydrogen) atoms. The van der Waals surface area contributed by atoms with E-state index in [-0.39, 0.29) is 11.7 Å². The Morgan fingerprint density at radius 3 is 2.59 bits per heavy atom. The Morgan fingerprint density at radius 1 is 0.963 bits per heavy atom. The van der Waals surface area contributed by atoms with Gasteiger partial charge in [0, 0.05) is 19.1 Å². The van der Waals surface area contributed by atoms with E-state index in [1.54, 1.807) is 11.0 Å². The Balaban J connectivity index is 1.49. The average Bonchev–Trinajstić information content (AvgIpc) is 3.24. The summed E-state index contributed by atoms with van der Waals surface area (Å²) in [6, 6.07) is 18.3. The van der Waals surface area contributed by atoms with Crippen LogP contribution in [0.3, 0.4) is 0 Å². The number of carbonyl (C=O) groups is 1. The predicted octanol–water partition coefficient (Wildman–Crippen LogP) is 3.29. The minimum absolute atomic E-state index is 0.137. The van der Waals surface area contributed by atoms with Crippen molar-refractivity contribution in [2.24, 2.45) is 0 Å². The van der Waals surface area contributed by atoms with Crippen LogP contribution in [0.4, 0.5) is 11.4 Å². The first-order valence-corrected chi connectivity index (χ1v) is 9.46. The molecule has 2 aliphatic rings. The molecule has 2 aromatic carbocycles. The lowest BCUT2D eigenvalue weighted by atomic mass is 9.97. The summed E-state index contributed by atoms with van der Waals surface area (Å²) in [5.74, 6) is 0.0975. The molecular formula is C21H21N5O. The van der Waals surface area contributed by atoms with E-state index in [0.717, 1.165) is 30.0 Å². The molecule has 2 aliphatic heterocycles. The number of hydrogen-bond donors (Lipinski definition) is 0. The molecule has 0 bridgehead atoms. The second kappa shape index (κ2) is 6.54. The predicted molar refractivity (Wildman–Crippen MR) is 104 cm³/mol. The number of anilines is 2. The molecule has 0 unspecified atom stereocenters. The highest BCUT2D eigenvalue weighted by molar-refractivity contribution is 6.06. The molecule has 3 aromatic rings. The molecule has 0 radical (unpaired) electrons. The lowest BCUT2D eigenvalue weighted by Crippen LogP contribution is -2.53. The smallest absolute Gasteiger partial charge is 0.298 e. The van der Waals surface area contributed by atoms with Gasteiger partial charge < -0.3 is 9.80 Å². The van der Waals surface area contributed by atoms with Crippen LogP contribution in [-0.4, -0.2) is 39.8 Å². The van der Waals surface area contributed by atoms with Crippen molar-refractivity contribution in [3.8, 4) is 5.69 Å². The third-order valence-corrected chi connectivity index (χ3v) is 5.45. The van der Waals surface area contributed by atoms with E-state index in [1.807, 2.05) is 53.4 Å². The summed E-state index contributed by atoms with van der Waals surface area (Å²) in [5.41, 5.74) is 2.99. The van der Waals surface area contributed by atoms with Gasteiger partial charge in [0.05, 0.1) is 17.1 Å². The highest BCUT2D eigenvalue weighted by Gasteiger charge is 2.36. The van der Waals surface area contributed by atoms with Gasteiger partial charge in [-0.3, -0.25) is 4.79 Å². The van der Waals surface area contributed by atoms with Crippen LogP contribution >= 0.6 is 0 Å². The van der Waals surface area contributed by atoms with Gasteiger partial charge in [0.1, 0.15) is 6.33 Å². The number of para-hydroxylation sites is 3. The maximum absolute atomic E-state index is 13.3. The van der Waals surface area contributed by atoms with Gasteiger partial charge in [-0.2, -0.15) is 0 Å². The lowest BCUT2D eigenvalue weighted by molar-refractivity contribution is 0.0973. The van der Waals surface area contributed by atoms with E-state index >= 15 is 0 Å².